The third-order valence-corrected chi connectivity index (χ3v) is 5.48. The molecule has 0 saturated carbocycles. The highest BCUT2D eigenvalue weighted by Crippen LogP contribution is 2.22. The number of aromatic amines is 1. The van der Waals surface area contributed by atoms with Gasteiger partial charge < -0.3 is 15.6 Å². The van der Waals surface area contributed by atoms with Crippen LogP contribution in [0.2, 0.25) is 0 Å². The Morgan fingerprint density at radius 2 is 1.77 bits per heavy atom. The first kappa shape index (κ1) is 21.7. The predicted molar refractivity (Wildman–Crippen MR) is 121 cm³/mol. The lowest BCUT2D eigenvalue weighted by Crippen LogP contribution is -2.36. The molecule has 1 amide bonds. The zero-order valence-corrected chi connectivity index (χ0v) is 17.7. The van der Waals surface area contributed by atoms with Gasteiger partial charge in [0, 0.05) is 12.1 Å². The highest BCUT2D eigenvalue weighted by atomic mass is 16.2. The van der Waals surface area contributed by atoms with E-state index in [2.05, 4.69) is 9.97 Å². The Labute approximate surface area is 177 Å². The summed E-state index contributed by atoms with van der Waals surface area (Å²) in [5.74, 6) is 0.456. The number of fused-ring (bicyclic) bond motifs is 1. The molecule has 0 radical (unpaired) electrons. The number of para-hydroxylation sites is 1. The van der Waals surface area contributed by atoms with E-state index in [-0.39, 0.29) is 17.5 Å². The van der Waals surface area contributed by atoms with E-state index in [4.69, 9.17) is 5.73 Å². The van der Waals surface area contributed by atoms with Crippen LogP contribution in [0.15, 0.2) is 53.3 Å². The fraction of sp³-hybridized carbons (Fsp3) is 0.375. The number of H-pyrrole nitrogens is 1. The number of unbranched alkanes of at least 4 members (excludes halogenated alkanes) is 3. The molecule has 3 rings (SSSR count). The Bertz CT molecular complexity index is 1060. The van der Waals surface area contributed by atoms with Crippen LogP contribution in [0, 0.1) is 6.92 Å². The Morgan fingerprint density at radius 3 is 2.53 bits per heavy atom. The van der Waals surface area contributed by atoms with Crippen LogP contribution in [0.3, 0.4) is 0 Å². The minimum atomic E-state index is -0.357. The molecular weight excluding hydrogens is 376 g/mol. The number of hydrogen-bond donors (Lipinski definition) is 2. The molecule has 0 fully saturated rings. The number of hydrogen-bond acceptors (Lipinski definition) is 4. The van der Waals surface area contributed by atoms with E-state index < -0.39 is 0 Å². The van der Waals surface area contributed by atoms with Crippen molar-refractivity contribution in [1.82, 2.24) is 14.9 Å². The first-order valence-electron chi connectivity index (χ1n) is 10.6. The second kappa shape index (κ2) is 10.2. The molecule has 1 unspecified atom stereocenters. The number of carbonyl (C=O) groups is 1. The standard InChI is InChI=1S/C24H30N4O2/c1-17-11-5-6-12-19(17)24(30)28(16-10-4-3-9-15-25)18(2)22-26-21-14-8-7-13-20(21)23(29)27-22/h5-8,11-14,18H,3-4,9-10,15-16,25H2,1-2H3,(H,26,27,29). The zero-order chi connectivity index (χ0) is 21.5. The molecule has 158 valence electrons. The molecule has 0 aliphatic carbocycles. The number of benzene rings is 2. The summed E-state index contributed by atoms with van der Waals surface area (Å²) in [5.41, 5.74) is 7.64. The summed E-state index contributed by atoms with van der Waals surface area (Å²) in [5, 5.41) is 0.548. The van der Waals surface area contributed by atoms with Crippen molar-refractivity contribution < 1.29 is 4.79 Å². The van der Waals surface area contributed by atoms with Crippen molar-refractivity contribution in [2.24, 2.45) is 5.73 Å². The molecule has 0 aliphatic rings. The number of nitrogens with zero attached hydrogens (tertiary/aromatic N) is 2. The first-order chi connectivity index (χ1) is 14.5. The molecule has 1 atom stereocenters. The summed E-state index contributed by atoms with van der Waals surface area (Å²) in [7, 11) is 0. The van der Waals surface area contributed by atoms with Crippen LogP contribution >= 0.6 is 0 Å². The average Bonchev–Trinajstić information content (AvgIpc) is 2.76. The van der Waals surface area contributed by atoms with Crippen molar-refractivity contribution in [2.45, 2.75) is 45.6 Å². The van der Waals surface area contributed by atoms with Crippen molar-refractivity contribution in [3.8, 4) is 0 Å². The number of carbonyl (C=O) groups excluding carboxylic acids is 1. The molecule has 6 nitrogen and oxygen atoms in total. The summed E-state index contributed by atoms with van der Waals surface area (Å²) in [6.07, 6.45) is 3.91. The van der Waals surface area contributed by atoms with Gasteiger partial charge in [0.25, 0.3) is 11.5 Å². The highest BCUT2D eigenvalue weighted by Gasteiger charge is 2.25. The van der Waals surface area contributed by atoms with E-state index in [1.165, 1.54) is 0 Å². The Morgan fingerprint density at radius 1 is 1.07 bits per heavy atom. The third kappa shape index (κ3) is 4.94. The van der Waals surface area contributed by atoms with E-state index in [0.29, 0.717) is 35.4 Å². The molecule has 3 aromatic rings. The van der Waals surface area contributed by atoms with Gasteiger partial charge >= 0.3 is 0 Å². The van der Waals surface area contributed by atoms with Gasteiger partial charge in [-0.15, -0.1) is 0 Å². The van der Waals surface area contributed by atoms with Crippen molar-refractivity contribution in [2.75, 3.05) is 13.1 Å². The van der Waals surface area contributed by atoms with Crippen LogP contribution in [0.1, 0.15) is 60.4 Å². The number of aromatic nitrogens is 2. The smallest absolute Gasteiger partial charge is 0.258 e. The zero-order valence-electron chi connectivity index (χ0n) is 17.7. The molecule has 2 aromatic carbocycles. The van der Waals surface area contributed by atoms with Crippen LogP contribution in [0.4, 0.5) is 0 Å². The van der Waals surface area contributed by atoms with Crippen LogP contribution < -0.4 is 11.3 Å². The number of aryl methyl sites for hydroxylation is 1. The molecular formula is C24H30N4O2. The molecule has 0 spiro atoms. The molecule has 0 aliphatic heterocycles. The minimum absolute atomic E-state index is 0.0461. The number of nitrogens with two attached hydrogens (primary N) is 1. The first-order valence-corrected chi connectivity index (χ1v) is 10.6. The third-order valence-electron chi connectivity index (χ3n) is 5.48. The van der Waals surface area contributed by atoms with E-state index in [1.54, 1.807) is 6.07 Å². The van der Waals surface area contributed by atoms with E-state index in [9.17, 15) is 9.59 Å². The lowest BCUT2D eigenvalue weighted by molar-refractivity contribution is 0.0678. The second-order valence-electron chi connectivity index (χ2n) is 7.66. The highest BCUT2D eigenvalue weighted by molar-refractivity contribution is 5.95. The molecule has 3 N–H and O–H groups in total. The Kier molecular flexibility index (Phi) is 7.36. The molecule has 1 aromatic heterocycles. The fourth-order valence-corrected chi connectivity index (χ4v) is 3.67. The molecule has 6 heteroatoms. The van der Waals surface area contributed by atoms with Gasteiger partial charge in [0.2, 0.25) is 0 Å². The fourth-order valence-electron chi connectivity index (χ4n) is 3.67. The van der Waals surface area contributed by atoms with Gasteiger partial charge in [-0.2, -0.15) is 0 Å². The molecule has 1 heterocycles. The minimum Gasteiger partial charge on any atom is -0.330 e. The summed E-state index contributed by atoms with van der Waals surface area (Å²) in [6, 6.07) is 14.5. The Balaban J connectivity index is 1.91. The quantitative estimate of drug-likeness (QED) is 0.526. The van der Waals surface area contributed by atoms with Crippen molar-refractivity contribution in [3.05, 3.63) is 75.8 Å². The lowest BCUT2D eigenvalue weighted by Gasteiger charge is -2.29. The predicted octanol–water partition coefficient (Wildman–Crippen LogP) is 3.95. The molecule has 30 heavy (non-hydrogen) atoms. The summed E-state index contributed by atoms with van der Waals surface area (Å²) in [4.78, 5) is 35.3. The Hall–Kier alpha value is -2.99. The van der Waals surface area contributed by atoms with E-state index >= 15 is 0 Å². The summed E-state index contributed by atoms with van der Waals surface area (Å²) < 4.78 is 0. The summed E-state index contributed by atoms with van der Waals surface area (Å²) >= 11 is 0. The maximum Gasteiger partial charge on any atom is 0.258 e. The van der Waals surface area contributed by atoms with Gasteiger partial charge in [0.1, 0.15) is 5.82 Å². The number of rotatable bonds is 9. The van der Waals surface area contributed by atoms with Gasteiger partial charge in [-0.3, -0.25) is 9.59 Å². The van der Waals surface area contributed by atoms with Gasteiger partial charge in [0.05, 0.1) is 16.9 Å². The maximum atomic E-state index is 13.4. The van der Waals surface area contributed by atoms with Crippen molar-refractivity contribution in [1.29, 1.82) is 0 Å². The van der Waals surface area contributed by atoms with Crippen molar-refractivity contribution >= 4 is 16.8 Å². The van der Waals surface area contributed by atoms with Crippen LogP contribution in [0.5, 0.6) is 0 Å². The van der Waals surface area contributed by atoms with E-state index in [0.717, 1.165) is 31.2 Å². The SMILES string of the molecule is Cc1ccccc1C(=O)N(CCCCCCN)C(C)c1nc2ccccc2c(=O)[nH]1. The normalized spacial score (nSPS) is 12.1. The maximum absolute atomic E-state index is 13.4. The number of nitrogens with one attached hydrogen (secondary N) is 1. The van der Waals surface area contributed by atoms with E-state index in [1.807, 2.05) is 61.2 Å². The number of amides is 1. The average molecular weight is 407 g/mol. The largest absolute Gasteiger partial charge is 0.330 e. The molecule has 0 bridgehead atoms. The van der Waals surface area contributed by atoms with Gasteiger partial charge in [-0.25, -0.2) is 4.98 Å². The summed E-state index contributed by atoms with van der Waals surface area (Å²) in [6.45, 7) is 5.14. The van der Waals surface area contributed by atoms with Gasteiger partial charge in [-0.05, 0) is 57.0 Å². The second-order valence-corrected chi connectivity index (χ2v) is 7.66. The van der Waals surface area contributed by atoms with Gasteiger partial charge in [0.15, 0.2) is 0 Å². The lowest BCUT2D eigenvalue weighted by atomic mass is 10.1. The molecule has 0 saturated heterocycles. The van der Waals surface area contributed by atoms with Crippen LogP contribution in [-0.4, -0.2) is 33.9 Å². The van der Waals surface area contributed by atoms with Crippen molar-refractivity contribution in [3.63, 3.8) is 0 Å². The van der Waals surface area contributed by atoms with Crippen LogP contribution in [0.25, 0.3) is 10.9 Å². The topological polar surface area (TPSA) is 92.1 Å². The monoisotopic (exact) mass is 406 g/mol. The van der Waals surface area contributed by atoms with Crippen LogP contribution in [-0.2, 0) is 0 Å². The van der Waals surface area contributed by atoms with Gasteiger partial charge in [-0.1, -0.05) is 43.2 Å².